The number of hydrogen-bond acceptors (Lipinski definition) is 1. The molecular weight excluding hydrogens is 198 g/mol. The summed E-state index contributed by atoms with van der Waals surface area (Å²) >= 11 is 0. The molecule has 2 N–H and O–H groups in total. The van der Waals surface area contributed by atoms with Crippen LogP contribution in [0.4, 0.5) is 0 Å². The van der Waals surface area contributed by atoms with Gasteiger partial charge in [-0.3, -0.25) is 0 Å². The van der Waals surface area contributed by atoms with Crippen LogP contribution in [0, 0.1) is 5.92 Å². The topological polar surface area (TPSA) is 36.0 Å². The molecule has 2 rings (SSSR count). The van der Waals surface area contributed by atoms with Gasteiger partial charge in [-0.15, -0.1) is 0 Å². The number of aromatic nitrogens is 1. The van der Waals surface area contributed by atoms with Gasteiger partial charge < -0.3 is 10.1 Å². The highest BCUT2D eigenvalue weighted by Gasteiger charge is 2.09. The van der Waals surface area contributed by atoms with Gasteiger partial charge in [-0.25, -0.2) is 0 Å². The number of phenols is 1. The lowest BCUT2D eigenvalue weighted by atomic mass is 9.95. The molecule has 0 spiro atoms. The molecule has 0 aliphatic heterocycles. The van der Waals surface area contributed by atoms with Gasteiger partial charge in [0, 0.05) is 17.1 Å². The summed E-state index contributed by atoms with van der Waals surface area (Å²) in [5.74, 6) is 0.776. The molecule has 0 saturated heterocycles. The van der Waals surface area contributed by atoms with E-state index in [0.29, 0.717) is 11.7 Å². The number of phenolic OH excluding ortho intramolecular Hbond substituents is 1. The van der Waals surface area contributed by atoms with Crippen LogP contribution in [0.25, 0.3) is 10.9 Å². The first-order valence-corrected chi connectivity index (χ1v) is 5.52. The number of hydrogen-bond donors (Lipinski definition) is 2. The third-order valence-electron chi connectivity index (χ3n) is 3.12. The maximum Gasteiger partial charge on any atom is 0.116 e. The summed E-state index contributed by atoms with van der Waals surface area (Å²) in [5, 5.41) is 10.6. The highest BCUT2D eigenvalue weighted by atomic mass is 16.3. The first-order valence-electron chi connectivity index (χ1n) is 5.52. The molecule has 0 aliphatic carbocycles. The minimum atomic E-state index is 0.316. The van der Waals surface area contributed by atoms with E-state index >= 15 is 0 Å². The van der Waals surface area contributed by atoms with Crippen molar-refractivity contribution in [1.82, 2.24) is 4.98 Å². The Morgan fingerprint density at radius 3 is 2.94 bits per heavy atom. The highest BCUT2D eigenvalue weighted by molar-refractivity contribution is 5.84. The number of allylic oxidation sites excluding steroid dienone is 1. The second-order valence-corrected chi connectivity index (χ2v) is 4.50. The first kappa shape index (κ1) is 10.8. The van der Waals surface area contributed by atoms with E-state index in [9.17, 15) is 5.11 Å². The maximum atomic E-state index is 9.48. The molecule has 2 aromatic rings. The molecule has 0 saturated carbocycles. The molecule has 0 aliphatic rings. The molecule has 1 aromatic heterocycles. The smallest absolute Gasteiger partial charge is 0.116 e. The number of aromatic hydroxyl groups is 1. The summed E-state index contributed by atoms with van der Waals surface area (Å²) in [6, 6.07) is 5.41. The van der Waals surface area contributed by atoms with E-state index in [1.807, 2.05) is 18.3 Å². The van der Waals surface area contributed by atoms with Crippen molar-refractivity contribution in [2.75, 3.05) is 0 Å². The van der Waals surface area contributed by atoms with E-state index in [1.54, 1.807) is 6.07 Å². The molecule has 1 atom stereocenters. The molecule has 84 valence electrons. The summed E-state index contributed by atoms with van der Waals surface area (Å²) in [7, 11) is 0. The third-order valence-corrected chi connectivity index (χ3v) is 3.12. The monoisotopic (exact) mass is 215 g/mol. The van der Waals surface area contributed by atoms with Crippen molar-refractivity contribution in [3.8, 4) is 5.75 Å². The molecule has 1 unspecified atom stereocenters. The average molecular weight is 215 g/mol. The molecule has 2 heteroatoms. The van der Waals surface area contributed by atoms with Crippen molar-refractivity contribution in [1.29, 1.82) is 0 Å². The second kappa shape index (κ2) is 4.05. The van der Waals surface area contributed by atoms with Gasteiger partial charge in [0.2, 0.25) is 0 Å². The largest absolute Gasteiger partial charge is 0.508 e. The van der Waals surface area contributed by atoms with E-state index in [1.165, 1.54) is 11.1 Å². The standard InChI is InChI=1S/C14H17NO/c1-9(2)10(3)6-11-8-15-14-5-4-12(16)7-13(11)14/h4-5,7-8,10,15-16H,1,6H2,2-3H3. The molecule has 1 aromatic carbocycles. The van der Waals surface area contributed by atoms with Gasteiger partial charge in [0.05, 0.1) is 0 Å². The molecule has 16 heavy (non-hydrogen) atoms. The Morgan fingerprint density at radius 1 is 1.50 bits per heavy atom. The molecule has 0 radical (unpaired) electrons. The van der Waals surface area contributed by atoms with Crippen LogP contribution in [0.2, 0.25) is 0 Å². The van der Waals surface area contributed by atoms with Crippen molar-refractivity contribution in [2.24, 2.45) is 5.92 Å². The zero-order valence-corrected chi connectivity index (χ0v) is 9.75. The SMILES string of the molecule is C=C(C)C(C)Cc1c[nH]c2ccc(O)cc12. The fourth-order valence-electron chi connectivity index (χ4n) is 1.84. The van der Waals surface area contributed by atoms with Crippen LogP contribution in [0.5, 0.6) is 5.75 Å². The minimum absolute atomic E-state index is 0.316. The number of fused-ring (bicyclic) bond motifs is 1. The van der Waals surface area contributed by atoms with Gasteiger partial charge in [-0.05, 0) is 43.0 Å². The number of aromatic amines is 1. The first-order chi connectivity index (χ1) is 7.58. The predicted molar refractivity (Wildman–Crippen MR) is 67.6 cm³/mol. The second-order valence-electron chi connectivity index (χ2n) is 4.50. The third kappa shape index (κ3) is 1.96. The van der Waals surface area contributed by atoms with Crippen molar-refractivity contribution in [3.63, 3.8) is 0 Å². The van der Waals surface area contributed by atoms with Gasteiger partial charge in [-0.2, -0.15) is 0 Å². The summed E-state index contributed by atoms with van der Waals surface area (Å²) in [4.78, 5) is 3.22. The Bertz CT molecular complexity index is 525. The normalized spacial score (nSPS) is 12.9. The summed E-state index contributed by atoms with van der Waals surface area (Å²) in [5.41, 5.74) is 3.50. The van der Waals surface area contributed by atoms with Crippen molar-refractivity contribution >= 4 is 10.9 Å². The van der Waals surface area contributed by atoms with E-state index in [-0.39, 0.29) is 0 Å². The Hall–Kier alpha value is -1.70. The fourth-order valence-corrected chi connectivity index (χ4v) is 1.84. The lowest BCUT2D eigenvalue weighted by Gasteiger charge is -2.09. The van der Waals surface area contributed by atoms with Gasteiger partial charge >= 0.3 is 0 Å². The quantitative estimate of drug-likeness (QED) is 0.753. The molecule has 0 bridgehead atoms. The maximum absolute atomic E-state index is 9.48. The number of H-pyrrole nitrogens is 1. The van der Waals surface area contributed by atoms with Crippen LogP contribution in [0.1, 0.15) is 19.4 Å². The number of benzene rings is 1. The summed E-state index contributed by atoms with van der Waals surface area (Å²) in [6.45, 7) is 8.20. The van der Waals surface area contributed by atoms with Crippen LogP contribution in [0.15, 0.2) is 36.5 Å². The Morgan fingerprint density at radius 2 is 2.25 bits per heavy atom. The lowest BCUT2D eigenvalue weighted by molar-refractivity contribution is 0.476. The molecule has 2 nitrogen and oxygen atoms in total. The number of nitrogens with one attached hydrogen (secondary N) is 1. The highest BCUT2D eigenvalue weighted by Crippen LogP contribution is 2.26. The van der Waals surface area contributed by atoms with E-state index in [4.69, 9.17) is 0 Å². The summed E-state index contributed by atoms with van der Waals surface area (Å²) in [6.07, 6.45) is 2.97. The van der Waals surface area contributed by atoms with Crippen LogP contribution < -0.4 is 0 Å². The molecule has 0 amide bonds. The molecular formula is C14H17NO. The van der Waals surface area contributed by atoms with Crippen LogP contribution in [0.3, 0.4) is 0 Å². The van der Waals surface area contributed by atoms with Gasteiger partial charge in [0.15, 0.2) is 0 Å². The molecule has 0 fully saturated rings. The number of rotatable bonds is 3. The average Bonchev–Trinajstić information content (AvgIpc) is 2.61. The van der Waals surface area contributed by atoms with Crippen LogP contribution in [-0.4, -0.2) is 10.1 Å². The van der Waals surface area contributed by atoms with Gasteiger partial charge in [0.1, 0.15) is 5.75 Å². The summed E-state index contributed by atoms with van der Waals surface area (Å²) < 4.78 is 0. The van der Waals surface area contributed by atoms with Crippen LogP contribution in [-0.2, 0) is 6.42 Å². The zero-order valence-electron chi connectivity index (χ0n) is 9.75. The van der Waals surface area contributed by atoms with Crippen LogP contribution >= 0.6 is 0 Å². The van der Waals surface area contributed by atoms with Gasteiger partial charge in [-0.1, -0.05) is 19.1 Å². The zero-order chi connectivity index (χ0) is 11.7. The van der Waals surface area contributed by atoms with E-state index in [0.717, 1.165) is 17.3 Å². The van der Waals surface area contributed by atoms with Crippen molar-refractivity contribution in [2.45, 2.75) is 20.3 Å². The predicted octanol–water partition coefficient (Wildman–Crippen LogP) is 3.63. The Balaban J connectivity index is 2.37. The Kier molecular flexibility index (Phi) is 2.73. The molecule has 1 heterocycles. The minimum Gasteiger partial charge on any atom is -0.508 e. The van der Waals surface area contributed by atoms with Gasteiger partial charge in [0.25, 0.3) is 0 Å². The fraction of sp³-hybridized carbons (Fsp3) is 0.286. The van der Waals surface area contributed by atoms with Crippen molar-refractivity contribution < 1.29 is 5.11 Å². The van der Waals surface area contributed by atoms with Crippen molar-refractivity contribution in [3.05, 3.63) is 42.1 Å². The lowest BCUT2D eigenvalue weighted by Crippen LogP contribution is -1.99. The Labute approximate surface area is 95.6 Å². The van der Waals surface area contributed by atoms with E-state index in [2.05, 4.69) is 25.4 Å². The van der Waals surface area contributed by atoms with E-state index < -0.39 is 0 Å².